The van der Waals surface area contributed by atoms with Crippen molar-refractivity contribution >= 4 is 27.7 Å². The monoisotopic (exact) mass is 368 g/mol. The Bertz CT molecular complexity index is 486. The lowest BCUT2D eigenvalue weighted by molar-refractivity contribution is -0.129. The molecule has 1 N–H and O–H groups in total. The number of carbonyl (C=O) groups excluding carboxylic acids is 2. The minimum absolute atomic E-state index is 0.0188. The minimum Gasteiger partial charge on any atom is -0.354 e. The van der Waals surface area contributed by atoms with Gasteiger partial charge in [0.15, 0.2) is 0 Å². The lowest BCUT2D eigenvalue weighted by atomic mass is 10.1. The van der Waals surface area contributed by atoms with Gasteiger partial charge in [-0.15, -0.1) is 0 Å². The number of carbonyl (C=O) groups is 2. The molecular formula is C17H25BrN2O2. The van der Waals surface area contributed by atoms with Crippen molar-refractivity contribution in [1.29, 1.82) is 0 Å². The highest BCUT2D eigenvalue weighted by Crippen LogP contribution is 2.10. The second kappa shape index (κ2) is 9.62. The van der Waals surface area contributed by atoms with Crippen molar-refractivity contribution in [2.24, 2.45) is 5.92 Å². The minimum atomic E-state index is -0.0188. The van der Waals surface area contributed by atoms with Crippen LogP contribution in [-0.2, 0) is 16.0 Å². The molecule has 0 spiro atoms. The molecule has 0 fully saturated rings. The molecule has 0 aliphatic rings. The average Bonchev–Trinajstić information content (AvgIpc) is 2.44. The van der Waals surface area contributed by atoms with Crippen LogP contribution >= 0.6 is 15.9 Å². The van der Waals surface area contributed by atoms with E-state index in [1.807, 2.05) is 24.3 Å². The molecule has 22 heavy (non-hydrogen) atoms. The number of halogens is 1. The topological polar surface area (TPSA) is 49.4 Å². The van der Waals surface area contributed by atoms with Crippen LogP contribution < -0.4 is 5.32 Å². The van der Waals surface area contributed by atoms with E-state index in [0.717, 1.165) is 23.0 Å². The van der Waals surface area contributed by atoms with E-state index >= 15 is 0 Å². The normalized spacial score (nSPS) is 10.6. The summed E-state index contributed by atoms with van der Waals surface area (Å²) in [7, 11) is 0. The number of hydrogen-bond donors (Lipinski definition) is 1. The third kappa shape index (κ3) is 7.59. The molecule has 0 saturated carbocycles. The van der Waals surface area contributed by atoms with E-state index < -0.39 is 0 Å². The number of amides is 2. The molecule has 122 valence electrons. The number of nitrogens with one attached hydrogen (secondary N) is 1. The number of benzene rings is 1. The predicted molar refractivity (Wildman–Crippen MR) is 92.6 cm³/mol. The molecule has 1 aromatic rings. The maximum atomic E-state index is 11.9. The van der Waals surface area contributed by atoms with Crippen LogP contribution in [0.3, 0.4) is 0 Å². The number of nitrogens with zero attached hydrogens (tertiary/aromatic N) is 1. The van der Waals surface area contributed by atoms with Gasteiger partial charge in [-0.25, -0.2) is 0 Å². The number of rotatable bonds is 8. The van der Waals surface area contributed by atoms with Crippen molar-refractivity contribution in [3.63, 3.8) is 0 Å². The van der Waals surface area contributed by atoms with Crippen LogP contribution in [0.5, 0.6) is 0 Å². The first-order valence-electron chi connectivity index (χ1n) is 7.65. The zero-order valence-corrected chi connectivity index (χ0v) is 15.1. The van der Waals surface area contributed by atoms with Crippen LogP contribution in [0.2, 0.25) is 0 Å². The Morgan fingerprint density at radius 1 is 1.18 bits per heavy atom. The van der Waals surface area contributed by atoms with E-state index in [1.165, 1.54) is 0 Å². The molecule has 0 heterocycles. The zero-order chi connectivity index (χ0) is 16.5. The first-order valence-corrected chi connectivity index (χ1v) is 8.44. The lowest BCUT2D eigenvalue weighted by Crippen LogP contribution is -2.38. The van der Waals surface area contributed by atoms with Gasteiger partial charge in [0.05, 0.1) is 6.42 Å². The van der Waals surface area contributed by atoms with Gasteiger partial charge in [0.1, 0.15) is 0 Å². The van der Waals surface area contributed by atoms with Gasteiger partial charge in [-0.3, -0.25) is 9.59 Å². The largest absolute Gasteiger partial charge is 0.354 e. The van der Waals surface area contributed by atoms with Crippen LogP contribution in [0, 0.1) is 5.92 Å². The Morgan fingerprint density at radius 2 is 1.82 bits per heavy atom. The second-order valence-electron chi connectivity index (χ2n) is 5.84. The van der Waals surface area contributed by atoms with Crippen molar-refractivity contribution < 1.29 is 9.59 Å². The fraction of sp³-hybridized carbons (Fsp3) is 0.529. The van der Waals surface area contributed by atoms with Crippen molar-refractivity contribution in [2.75, 3.05) is 19.6 Å². The lowest BCUT2D eigenvalue weighted by Gasteiger charge is -2.22. The fourth-order valence-electron chi connectivity index (χ4n) is 2.02. The molecule has 0 aliphatic heterocycles. The molecule has 5 heteroatoms. The van der Waals surface area contributed by atoms with E-state index in [0.29, 0.717) is 25.4 Å². The quantitative estimate of drug-likeness (QED) is 0.766. The second-order valence-corrected chi connectivity index (χ2v) is 6.76. The Morgan fingerprint density at radius 3 is 2.36 bits per heavy atom. The first kappa shape index (κ1) is 18.7. The van der Waals surface area contributed by atoms with Gasteiger partial charge >= 0.3 is 0 Å². The molecule has 0 bridgehead atoms. The van der Waals surface area contributed by atoms with Crippen molar-refractivity contribution in [1.82, 2.24) is 10.2 Å². The molecule has 2 amide bonds. The van der Waals surface area contributed by atoms with E-state index in [-0.39, 0.29) is 11.8 Å². The van der Waals surface area contributed by atoms with Gasteiger partial charge < -0.3 is 10.2 Å². The van der Waals surface area contributed by atoms with Crippen molar-refractivity contribution in [3.8, 4) is 0 Å². The summed E-state index contributed by atoms with van der Waals surface area (Å²) in [5.41, 5.74) is 0.976. The first-order chi connectivity index (χ1) is 10.4. The van der Waals surface area contributed by atoms with Crippen molar-refractivity contribution in [3.05, 3.63) is 34.3 Å². The van der Waals surface area contributed by atoms with Crippen LogP contribution in [0.25, 0.3) is 0 Å². The van der Waals surface area contributed by atoms with E-state index in [4.69, 9.17) is 0 Å². The molecule has 0 saturated heterocycles. The molecule has 0 radical (unpaired) electrons. The zero-order valence-electron chi connectivity index (χ0n) is 13.6. The third-order valence-corrected chi connectivity index (χ3v) is 3.93. The van der Waals surface area contributed by atoms with Crippen LogP contribution in [-0.4, -0.2) is 36.3 Å². The molecule has 0 unspecified atom stereocenters. The average molecular weight is 369 g/mol. The summed E-state index contributed by atoms with van der Waals surface area (Å²) in [5, 5.41) is 2.87. The molecule has 0 aliphatic carbocycles. The molecular weight excluding hydrogens is 344 g/mol. The van der Waals surface area contributed by atoms with E-state index in [2.05, 4.69) is 35.1 Å². The Labute approximate surface area is 141 Å². The van der Waals surface area contributed by atoms with Gasteiger partial charge in [-0.2, -0.15) is 0 Å². The summed E-state index contributed by atoms with van der Waals surface area (Å²) in [6, 6.07) is 7.69. The summed E-state index contributed by atoms with van der Waals surface area (Å²) in [5.74, 6) is 0.603. The standard InChI is InChI=1S/C17H25BrN2O2/c1-13(2)8-10-20(14(3)21)11-9-19-17(22)12-15-4-6-16(18)7-5-15/h4-7,13H,8-12H2,1-3H3,(H,19,22). The summed E-state index contributed by atoms with van der Waals surface area (Å²) in [4.78, 5) is 25.2. The summed E-state index contributed by atoms with van der Waals surface area (Å²) in [6.45, 7) is 7.65. The van der Waals surface area contributed by atoms with Gasteiger partial charge in [0.2, 0.25) is 11.8 Å². The molecule has 1 rings (SSSR count). The fourth-order valence-corrected chi connectivity index (χ4v) is 2.29. The highest BCUT2D eigenvalue weighted by atomic mass is 79.9. The Kier molecular flexibility index (Phi) is 8.17. The van der Waals surface area contributed by atoms with Crippen LogP contribution in [0.1, 0.15) is 32.8 Å². The smallest absolute Gasteiger partial charge is 0.224 e. The SMILES string of the molecule is CC(=O)N(CCNC(=O)Cc1ccc(Br)cc1)CCC(C)C. The number of hydrogen-bond acceptors (Lipinski definition) is 2. The maximum Gasteiger partial charge on any atom is 0.224 e. The molecule has 4 nitrogen and oxygen atoms in total. The van der Waals surface area contributed by atoms with Crippen molar-refractivity contribution in [2.45, 2.75) is 33.6 Å². The third-order valence-electron chi connectivity index (χ3n) is 3.40. The summed E-state index contributed by atoms with van der Waals surface area (Å²) >= 11 is 3.37. The molecule has 1 aromatic carbocycles. The predicted octanol–water partition coefficient (Wildman–Crippen LogP) is 3.00. The molecule has 0 aromatic heterocycles. The summed E-state index contributed by atoms with van der Waals surface area (Å²) in [6.07, 6.45) is 1.34. The van der Waals surface area contributed by atoms with E-state index in [1.54, 1.807) is 11.8 Å². The maximum absolute atomic E-state index is 11.9. The highest BCUT2D eigenvalue weighted by Gasteiger charge is 2.10. The highest BCUT2D eigenvalue weighted by molar-refractivity contribution is 9.10. The van der Waals surface area contributed by atoms with Gasteiger partial charge in [0.25, 0.3) is 0 Å². The van der Waals surface area contributed by atoms with Crippen LogP contribution in [0.4, 0.5) is 0 Å². The van der Waals surface area contributed by atoms with Gasteiger partial charge in [-0.1, -0.05) is 41.9 Å². The summed E-state index contributed by atoms with van der Waals surface area (Å²) < 4.78 is 0.999. The van der Waals surface area contributed by atoms with E-state index in [9.17, 15) is 9.59 Å². The van der Waals surface area contributed by atoms with Crippen LogP contribution in [0.15, 0.2) is 28.7 Å². The van der Waals surface area contributed by atoms with Gasteiger partial charge in [0, 0.05) is 31.0 Å². The van der Waals surface area contributed by atoms with Gasteiger partial charge in [-0.05, 0) is 30.0 Å². The molecule has 0 atom stereocenters. The Balaban J connectivity index is 2.33. The Hall–Kier alpha value is -1.36.